The maximum absolute atomic E-state index is 12.4. The zero-order chi connectivity index (χ0) is 19.2. The van der Waals surface area contributed by atoms with Gasteiger partial charge in [-0.3, -0.25) is 9.59 Å². The molecule has 27 heavy (non-hydrogen) atoms. The molecule has 0 spiro atoms. The van der Waals surface area contributed by atoms with E-state index in [2.05, 4.69) is 16.4 Å². The molecule has 0 bridgehead atoms. The van der Waals surface area contributed by atoms with Crippen LogP contribution in [0.2, 0.25) is 0 Å². The molecule has 0 saturated heterocycles. The van der Waals surface area contributed by atoms with E-state index < -0.39 is 0 Å². The van der Waals surface area contributed by atoms with Crippen LogP contribution in [0.5, 0.6) is 0 Å². The number of anilines is 1. The predicted octanol–water partition coefficient (Wildman–Crippen LogP) is 3.92. The van der Waals surface area contributed by atoms with Crippen molar-refractivity contribution in [3.05, 3.63) is 29.0 Å². The molecule has 1 aromatic rings. The minimum absolute atomic E-state index is 0.0734. The van der Waals surface area contributed by atoms with Gasteiger partial charge in [0.1, 0.15) is 5.03 Å². The summed E-state index contributed by atoms with van der Waals surface area (Å²) in [7, 11) is 0. The molecular weight excluding hydrogens is 358 g/mol. The number of aromatic nitrogens is 1. The molecule has 0 radical (unpaired) electrons. The van der Waals surface area contributed by atoms with Gasteiger partial charge in [-0.2, -0.15) is 0 Å². The van der Waals surface area contributed by atoms with Crippen molar-refractivity contribution in [1.82, 2.24) is 10.3 Å². The van der Waals surface area contributed by atoms with Crippen LogP contribution in [0.25, 0.3) is 0 Å². The minimum atomic E-state index is 0.0734. The maximum atomic E-state index is 12.4. The van der Waals surface area contributed by atoms with Gasteiger partial charge in [0.05, 0.1) is 11.4 Å². The van der Waals surface area contributed by atoms with Crippen molar-refractivity contribution >= 4 is 29.3 Å². The monoisotopic (exact) mass is 387 g/mol. The second-order valence-electron chi connectivity index (χ2n) is 7.38. The van der Waals surface area contributed by atoms with Crippen molar-refractivity contribution in [2.45, 2.75) is 63.8 Å². The Morgan fingerprint density at radius 1 is 1.33 bits per heavy atom. The molecule has 0 aromatic carbocycles. The number of nitrogens with zero attached hydrogens (tertiary/aromatic N) is 2. The molecule has 1 aromatic heterocycles. The van der Waals surface area contributed by atoms with E-state index in [1.54, 1.807) is 0 Å². The number of carbonyl (C=O) groups excluding carboxylic acids is 2. The van der Waals surface area contributed by atoms with Crippen molar-refractivity contribution in [2.75, 3.05) is 23.7 Å². The van der Waals surface area contributed by atoms with Crippen LogP contribution < -0.4 is 10.2 Å². The number of amides is 2. The van der Waals surface area contributed by atoms with E-state index in [0.29, 0.717) is 25.1 Å². The van der Waals surface area contributed by atoms with Gasteiger partial charge in [-0.1, -0.05) is 23.4 Å². The number of fused-ring (bicyclic) bond motifs is 1. The first kappa shape index (κ1) is 19.9. The molecular formula is C21H29N3O2S. The van der Waals surface area contributed by atoms with Gasteiger partial charge < -0.3 is 10.2 Å². The molecule has 6 heteroatoms. The zero-order valence-electron chi connectivity index (χ0n) is 16.3. The molecule has 0 saturated carbocycles. The Morgan fingerprint density at radius 3 is 2.96 bits per heavy atom. The lowest BCUT2D eigenvalue weighted by Crippen LogP contribution is -2.37. The van der Waals surface area contributed by atoms with Crippen LogP contribution in [-0.2, 0) is 9.59 Å². The first-order valence-electron chi connectivity index (χ1n) is 9.90. The summed E-state index contributed by atoms with van der Waals surface area (Å²) in [6, 6.07) is 2.01. The highest BCUT2D eigenvalue weighted by Crippen LogP contribution is 2.36. The number of allylic oxidation sites excluding steroid dienone is 1. The highest BCUT2D eigenvalue weighted by atomic mass is 32.2. The van der Waals surface area contributed by atoms with Crippen LogP contribution >= 0.6 is 11.8 Å². The minimum Gasteiger partial charge on any atom is -0.356 e. The van der Waals surface area contributed by atoms with Crippen LogP contribution in [-0.4, -0.2) is 35.6 Å². The Bertz CT molecular complexity index is 745. The highest BCUT2D eigenvalue weighted by Gasteiger charge is 2.27. The number of carbonyl (C=O) groups is 2. The van der Waals surface area contributed by atoms with Crippen molar-refractivity contribution in [3.8, 4) is 0 Å². The SMILES string of the molecule is Cc1cc(C)c2c(n1)SCC(=O)N2CCCC(=O)NCCC1=CCCCC1. The summed E-state index contributed by atoms with van der Waals surface area (Å²) in [5.41, 5.74) is 4.45. The van der Waals surface area contributed by atoms with Crippen molar-refractivity contribution in [3.63, 3.8) is 0 Å². The van der Waals surface area contributed by atoms with Gasteiger partial charge >= 0.3 is 0 Å². The fourth-order valence-corrected chi connectivity index (χ4v) is 4.81. The van der Waals surface area contributed by atoms with Crippen LogP contribution in [0.15, 0.2) is 22.7 Å². The Hall–Kier alpha value is -1.82. The average molecular weight is 388 g/mol. The number of thioether (sulfide) groups is 1. The number of nitrogens with one attached hydrogen (secondary N) is 1. The molecule has 3 rings (SSSR count). The standard InChI is InChI=1S/C21H29N3O2S/c1-15-13-16(2)23-21-20(15)24(19(26)14-27-21)12-6-9-18(25)22-11-10-17-7-4-3-5-8-17/h7,13H,3-6,8-12,14H2,1-2H3,(H,22,25). The summed E-state index contributed by atoms with van der Waals surface area (Å²) in [4.78, 5) is 30.9. The smallest absolute Gasteiger partial charge is 0.237 e. The van der Waals surface area contributed by atoms with E-state index in [1.807, 2.05) is 24.8 Å². The molecule has 1 aliphatic heterocycles. The Morgan fingerprint density at radius 2 is 2.19 bits per heavy atom. The molecule has 0 fully saturated rings. The Kier molecular flexibility index (Phi) is 6.94. The van der Waals surface area contributed by atoms with Gasteiger partial charge in [-0.05, 0) is 64.0 Å². The quantitative estimate of drug-likeness (QED) is 0.720. The average Bonchev–Trinajstić information content (AvgIpc) is 2.64. The number of pyridine rings is 1. The third-order valence-corrected chi connectivity index (χ3v) is 6.07. The van der Waals surface area contributed by atoms with Crippen molar-refractivity contribution < 1.29 is 9.59 Å². The molecule has 0 unspecified atom stereocenters. The summed E-state index contributed by atoms with van der Waals surface area (Å²) in [6.45, 7) is 5.28. The summed E-state index contributed by atoms with van der Waals surface area (Å²) < 4.78 is 0. The molecule has 2 amide bonds. The van der Waals surface area contributed by atoms with Gasteiger partial charge in [0.15, 0.2) is 0 Å². The maximum Gasteiger partial charge on any atom is 0.237 e. The van der Waals surface area contributed by atoms with Crippen LogP contribution in [0.1, 0.15) is 56.2 Å². The summed E-state index contributed by atoms with van der Waals surface area (Å²) in [5.74, 6) is 0.597. The normalized spacial score (nSPS) is 16.7. The third-order valence-electron chi connectivity index (χ3n) is 5.12. The highest BCUT2D eigenvalue weighted by molar-refractivity contribution is 8.00. The van der Waals surface area contributed by atoms with E-state index in [0.717, 1.165) is 34.9 Å². The fourth-order valence-electron chi connectivity index (χ4n) is 3.77. The lowest BCUT2D eigenvalue weighted by atomic mass is 9.97. The van der Waals surface area contributed by atoms with E-state index in [9.17, 15) is 9.59 Å². The van der Waals surface area contributed by atoms with Crippen LogP contribution in [0.3, 0.4) is 0 Å². The summed E-state index contributed by atoms with van der Waals surface area (Å²) in [5, 5.41) is 3.95. The predicted molar refractivity (Wildman–Crippen MR) is 110 cm³/mol. The largest absolute Gasteiger partial charge is 0.356 e. The zero-order valence-corrected chi connectivity index (χ0v) is 17.2. The van der Waals surface area contributed by atoms with Gasteiger partial charge in [-0.25, -0.2) is 4.98 Å². The molecule has 5 nitrogen and oxygen atoms in total. The molecule has 2 heterocycles. The van der Waals surface area contributed by atoms with E-state index in [1.165, 1.54) is 43.0 Å². The number of rotatable bonds is 7. The molecule has 146 valence electrons. The number of hydrogen-bond donors (Lipinski definition) is 1. The first-order valence-corrected chi connectivity index (χ1v) is 10.9. The first-order chi connectivity index (χ1) is 13.0. The van der Waals surface area contributed by atoms with Gasteiger partial charge in [0.2, 0.25) is 11.8 Å². The van der Waals surface area contributed by atoms with Gasteiger partial charge in [0, 0.05) is 25.2 Å². The lowest BCUT2D eigenvalue weighted by molar-refractivity contribution is -0.121. The second kappa shape index (κ2) is 9.40. The summed E-state index contributed by atoms with van der Waals surface area (Å²) in [6.07, 6.45) is 9.33. The molecule has 1 aliphatic carbocycles. The fraction of sp³-hybridized carbons (Fsp3) is 0.571. The second-order valence-corrected chi connectivity index (χ2v) is 8.34. The topological polar surface area (TPSA) is 62.3 Å². The molecule has 0 atom stereocenters. The van der Waals surface area contributed by atoms with Gasteiger partial charge in [0.25, 0.3) is 0 Å². The molecule has 1 N–H and O–H groups in total. The number of hydrogen-bond acceptors (Lipinski definition) is 4. The van der Waals surface area contributed by atoms with Crippen molar-refractivity contribution in [1.29, 1.82) is 0 Å². The van der Waals surface area contributed by atoms with Crippen LogP contribution in [0.4, 0.5) is 5.69 Å². The Balaban J connectivity index is 1.47. The van der Waals surface area contributed by atoms with E-state index in [-0.39, 0.29) is 11.8 Å². The van der Waals surface area contributed by atoms with Crippen LogP contribution in [0, 0.1) is 13.8 Å². The number of aryl methyl sites for hydroxylation is 2. The van der Waals surface area contributed by atoms with Gasteiger partial charge in [-0.15, -0.1) is 0 Å². The van der Waals surface area contributed by atoms with E-state index in [4.69, 9.17) is 0 Å². The summed E-state index contributed by atoms with van der Waals surface area (Å²) >= 11 is 1.51. The van der Waals surface area contributed by atoms with Crippen molar-refractivity contribution in [2.24, 2.45) is 0 Å². The third kappa shape index (κ3) is 5.34. The van der Waals surface area contributed by atoms with E-state index >= 15 is 0 Å². The Labute approximate surface area is 166 Å². The molecule has 2 aliphatic rings. The lowest BCUT2D eigenvalue weighted by Gasteiger charge is -2.30.